The van der Waals surface area contributed by atoms with E-state index in [4.69, 9.17) is 37.5 Å². The largest absolute Gasteiger partial charge is 0.493 e. The van der Waals surface area contributed by atoms with Gasteiger partial charge in [-0.1, -0.05) is 103 Å². The molecule has 0 fully saturated rings. The van der Waals surface area contributed by atoms with Crippen molar-refractivity contribution in [2.24, 2.45) is 5.73 Å². The van der Waals surface area contributed by atoms with E-state index in [-0.39, 0.29) is 18.2 Å². The molecule has 0 spiro atoms. The Hall–Kier alpha value is -4.60. The fourth-order valence-electron chi connectivity index (χ4n) is 6.89. The Bertz CT molecular complexity index is 2190. The highest BCUT2D eigenvalue weighted by Crippen LogP contribution is 2.38. The van der Waals surface area contributed by atoms with Crippen LogP contribution in [-0.4, -0.2) is 45.0 Å². The highest BCUT2D eigenvalue weighted by Gasteiger charge is 2.28. The zero-order chi connectivity index (χ0) is 36.0. The number of benzene rings is 5. The Labute approximate surface area is 308 Å². The highest BCUT2D eigenvalue weighted by molar-refractivity contribution is 8.13. The van der Waals surface area contributed by atoms with Crippen molar-refractivity contribution >= 4 is 48.2 Å². The van der Waals surface area contributed by atoms with Gasteiger partial charge in [0.15, 0.2) is 0 Å². The number of halogens is 2. The summed E-state index contributed by atoms with van der Waals surface area (Å²) < 4.78 is 38.6. The Morgan fingerprint density at radius 2 is 1.41 bits per heavy atom. The lowest BCUT2D eigenvalue weighted by Crippen LogP contribution is -2.18. The molecule has 0 amide bonds. The number of methoxy groups -OCH3 is 1. The monoisotopic (exact) mass is 740 g/mol. The van der Waals surface area contributed by atoms with Gasteiger partial charge >= 0.3 is 5.97 Å². The van der Waals surface area contributed by atoms with Crippen LogP contribution in [0.4, 0.5) is 0 Å². The molecule has 0 saturated carbocycles. The molecule has 262 valence electrons. The van der Waals surface area contributed by atoms with Crippen LogP contribution in [0.5, 0.6) is 5.75 Å². The van der Waals surface area contributed by atoms with E-state index in [1.165, 1.54) is 7.11 Å². The van der Waals surface area contributed by atoms with Crippen molar-refractivity contribution in [2.45, 2.75) is 24.8 Å². The molecule has 0 bridgehead atoms. The topological polar surface area (TPSA) is 101 Å². The molecule has 6 aromatic rings. The van der Waals surface area contributed by atoms with E-state index in [1.54, 1.807) is 30.3 Å². The lowest BCUT2D eigenvalue weighted by Gasteiger charge is -2.25. The fraction of sp³-hybridized carbons (Fsp3) is 0.195. The van der Waals surface area contributed by atoms with Crippen LogP contribution in [0.1, 0.15) is 55.8 Å². The molecule has 5 aromatic carbocycles. The molecule has 0 aliphatic rings. The highest BCUT2D eigenvalue weighted by atomic mass is 35.7. The molecule has 0 radical (unpaired) electrons. The first-order valence-electron chi connectivity index (χ1n) is 16.6. The lowest BCUT2D eigenvalue weighted by molar-refractivity contribution is 0.0599. The summed E-state index contributed by atoms with van der Waals surface area (Å²) in [5.41, 5.74) is 13.1. The van der Waals surface area contributed by atoms with Gasteiger partial charge in [-0.3, -0.25) is 0 Å². The Morgan fingerprint density at radius 3 is 1.98 bits per heavy atom. The quantitative estimate of drug-likeness (QED) is 0.0888. The van der Waals surface area contributed by atoms with Crippen molar-refractivity contribution < 1.29 is 22.7 Å². The molecule has 2 N–H and O–H groups in total. The third-order valence-corrected chi connectivity index (χ3v) is 10.4. The molecular weight excluding hydrogens is 703 g/mol. The van der Waals surface area contributed by atoms with Crippen LogP contribution in [-0.2, 0) is 26.6 Å². The van der Waals surface area contributed by atoms with Gasteiger partial charge in [-0.15, -0.1) is 0 Å². The van der Waals surface area contributed by atoms with Crippen LogP contribution in [0.3, 0.4) is 0 Å². The van der Waals surface area contributed by atoms with Crippen LogP contribution in [0.15, 0.2) is 127 Å². The third-order valence-electron chi connectivity index (χ3n) is 9.04. The fourth-order valence-corrected chi connectivity index (χ4v) is 8.21. The summed E-state index contributed by atoms with van der Waals surface area (Å²) in [7, 11) is 3.12. The van der Waals surface area contributed by atoms with E-state index < -0.39 is 26.7 Å². The summed E-state index contributed by atoms with van der Waals surface area (Å²) in [6, 6.07) is 40.7. The van der Waals surface area contributed by atoms with Gasteiger partial charge < -0.3 is 19.8 Å². The van der Waals surface area contributed by atoms with E-state index in [0.29, 0.717) is 41.3 Å². The van der Waals surface area contributed by atoms with Crippen LogP contribution in [0, 0.1) is 0 Å². The maximum Gasteiger partial charge on any atom is 0.338 e. The second-order valence-corrected chi connectivity index (χ2v) is 15.5. The van der Waals surface area contributed by atoms with Crippen LogP contribution >= 0.6 is 22.3 Å². The minimum atomic E-state index is -3.96. The smallest absolute Gasteiger partial charge is 0.338 e. The van der Waals surface area contributed by atoms with E-state index in [0.717, 1.165) is 33.3 Å². The van der Waals surface area contributed by atoms with Crippen molar-refractivity contribution in [3.05, 3.63) is 171 Å². The molecule has 0 saturated heterocycles. The van der Waals surface area contributed by atoms with E-state index in [2.05, 4.69) is 59.2 Å². The van der Waals surface area contributed by atoms with Gasteiger partial charge in [0.05, 0.1) is 31.1 Å². The second-order valence-electron chi connectivity index (χ2n) is 12.2. The number of aromatic nitrogens is 1. The number of nitrogens with zero attached hydrogens (tertiary/aromatic N) is 1. The molecule has 10 heteroatoms. The molecule has 1 atom stereocenters. The van der Waals surface area contributed by atoms with Gasteiger partial charge in [-0.2, -0.15) is 0 Å². The summed E-state index contributed by atoms with van der Waals surface area (Å²) in [5.74, 6) is -1.28. The van der Waals surface area contributed by atoms with Crippen molar-refractivity contribution in [1.82, 2.24) is 4.57 Å². The Kier molecular flexibility index (Phi) is 11.5. The van der Waals surface area contributed by atoms with E-state index in [9.17, 15) is 13.2 Å². The van der Waals surface area contributed by atoms with Gasteiger partial charge in [0.1, 0.15) is 5.75 Å². The molecule has 6 rings (SSSR count). The van der Waals surface area contributed by atoms with Crippen LogP contribution in [0.2, 0.25) is 5.02 Å². The summed E-state index contributed by atoms with van der Waals surface area (Å²) in [4.78, 5) is 12.9. The number of carbonyl (C=O) groups excluding carboxylic acids is 1. The number of hydrogen-bond acceptors (Lipinski definition) is 6. The summed E-state index contributed by atoms with van der Waals surface area (Å²) in [6.45, 7) is 0.724. The Morgan fingerprint density at radius 1 is 0.804 bits per heavy atom. The van der Waals surface area contributed by atoms with Gasteiger partial charge in [0.25, 0.3) is 0 Å². The second kappa shape index (κ2) is 16.2. The predicted octanol–water partition coefficient (Wildman–Crippen LogP) is 8.54. The number of esters is 1. The minimum absolute atomic E-state index is 0.117. The number of fused-ring (bicyclic) bond motifs is 1. The first-order chi connectivity index (χ1) is 24.7. The molecule has 1 unspecified atom stereocenters. The number of carbonyl (C=O) groups is 1. The average molecular weight is 742 g/mol. The number of nitrogens with two attached hydrogens (primary N) is 1. The molecule has 1 aromatic heterocycles. The van der Waals surface area contributed by atoms with Gasteiger partial charge in [0.2, 0.25) is 9.05 Å². The maximum absolute atomic E-state index is 12.9. The van der Waals surface area contributed by atoms with E-state index >= 15 is 0 Å². The first-order valence-corrected chi connectivity index (χ1v) is 19.5. The third kappa shape index (κ3) is 8.32. The van der Waals surface area contributed by atoms with Crippen molar-refractivity contribution in [3.63, 3.8) is 0 Å². The SMILES string of the molecule is COC(=O)c1ccc(OCCc2c(CCN)n(C(c3ccccc3)c3ccccc3)c3ccc(Cl)cc23)cc1C(CS(=O)(=O)Cl)c1ccccc1. The number of rotatable bonds is 14. The van der Waals surface area contributed by atoms with Crippen LogP contribution in [0.25, 0.3) is 10.9 Å². The summed E-state index contributed by atoms with van der Waals surface area (Å²) in [6.07, 6.45) is 1.16. The summed E-state index contributed by atoms with van der Waals surface area (Å²) >= 11 is 6.61. The van der Waals surface area contributed by atoms with Crippen molar-refractivity contribution in [3.8, 4) is 5.75 Å². The Balaban J connectivity index is 1.40. The molecule has 0 aliphatic carbocycles. The number of ether oxygens (including phenoxy) is 2. The van der Waals surface area contributed by atoms with Gasteiger partial charge in [-0.25, -0.2) is 13.2 Å². The molecule has 51 heavy (non-hydrogen) atoms. The molecule has 1 heterocycles. The van der Waals surface area contributed by atoms with Crippen LogP contribution < -0.4 is 10.5 Å². The van der Waals surface area contributed by atoms with Crippen molar-refractivity contribution in [2.75, 3.05) is 26.0 Å². The van der Waals surface area contributed by atoms with Gasteiger partial charge in [0, 0.05) is 51.1 Å². The first kappa shape index (κ1) is 36.2. The van der Waals surface area contributed by atoms with Crippen molar-refractivity contribution in [1.29, 1.82) is 0 Å². The lowest BCUT2D eigenvalue weighted by atomic mass is 9.89. The molecule has 7 nitrogen and oxygen atoms in total. The zero-order valence-electron chi connectivity index (χ0n) is 28.0. The molecular formula is C41H38Cl2N2O5S. The normalized spacial score (nSPS) is 12.3. The van der Waals surface area contributed by atoms with Gasteiger partial charge in [-0.05, 0) is 70.8 Å². The average Bonchev–Trinajstić information content (AvgIpc) is 3.42. The molecule has 0 aliphatic heterocycles. The maximum atomic E-state index is 12.9. The van der Waals surface area contributed by atoms with E-state index in [1.807, 2.05) is 42.5 Å². The minimum Gasteiger partial charge on any atom is -0.493 e. The zero-order valence-corrected chi connectivity index (χ0v) is 30.4. The standard InChI is InChI=1S/C41H38Cl2N2O5S/c1-49-41(46)34-19-18-32(26-35(34)37(27-51(43,47)48)28-11-5-2-6-12-28)50-24-22-33-36-25-31(42)17-20-38(36)45(39(33)21-23-44)40(29-13-7-3-8-14-29)30-15-9-4-10-16-30/h2-20,25-26,37,40H,21-24,27,44H2,1H3. The summed E-state index contributed by atoms with van der Waals surface area (Å²) in [5, 5.41) is 1.64. The predicted molar refractivity (Wildman–Crippen MR) is 205 cm³/mol. The number of hydrogen-bond donors (Lipinski definition) is 1.